The number of anilines is 1. The summed E-state index contributed by atoms with van der Waals surface area (Å²) >= 11 is 1.56. The predicted octanol–water partition coefficient (Wildman–Crippen LogP) is 2.37. The van der Waals surface area contributed by atoms with Gasteiger partial charge in [-0.2, -0.15) is 0 Å². The number of aliphatic carboxylic acids is 1. The third-order valence-corrected chi connectivity index (χ3v) is 3.88. The molecule has 0 aliphatic heterocycles. The van der Waals surface area contributed by atoms with Gasteiger partial charge in [0.2, 0.25) is 0 Å². The second kappa shape index (κ2) is 4.82. The number of hydrogen-bond acceptors (Lipinski definition) is 4. The molecule has 88 valence electrons. The van der Waals surface area contributed by atoms with E-state index in [1.165, 1.54) is 0 Å². The van der Waals surface area contributed by atoms with Crippen LogP contribution in [0.5, 0.6) is 0 Å². The summed E-state index contributed by atoms with van der Waals surface area (Å²) in [4.78, 5) is 15.4. The van der Waals surface area contributed by atoms with Crippen LogP contribution in [0.1, 0.15) is 31.9 Å². The third-order valence-electron chi connectivity index (χ3n) is 3.06. The van der Waals surface area contributed by atoms with Gasteiger partial charge in [-0.25, -0.2) is 4.98 Å². The Bertz CT molecular complexity index is 378. The van der Waals surface area contributed by atoms with E-state index in [0.29, 0.717) is 0 Å². The number of rotatable bonds is 4. The smallest absolute Gasteiger partial charge is 0.308 e. The van der Waals surface area contributed by atoms with Gasteiger partial charge in [0, 0.05) is 11.4 Å². The minimum absolute atomic E-state index is 0.0494. The van der Waals surface area contributed by atoms with Crippen molar-refractivity contribution < 1.29 is 9.90 Å². The standard InChI is InChI=1S/C11H16N2O2S/c1-2-7-6-16-11(12-7)13-9-5-3-4-8(9)10(14)15/h6,8-9H,2-5H2,1H3,(H,12,13)(H,14,15). The summed E-state index contributed by atoms with van der Waals surface area (Å²) in [5, 5.41) is 15.2. The number of aryl methyl sites for hydroxylation is 1. The zero-order valence-corrected chi connectivity index (χ0v) is 10.1. The predicted molar refractivity (Wildman–Crippen MR) is 63.9 cm³/mol. The summed E-state index contributed by atoms with van der Waals surface area (Å²) < 4.78 is 0. The summed E-state index contributed by atoms with van der Waals surface area (Å²) in [7, 11) is 0. The van der Waals surface area contributed by atoms with E-state index in [9.17, 15) is 4.79 Å². The maximum absolute atomic E-state index is 11.0. The van der Waals surface area contributed by atoms with Gasteiger partial charge in [-0.15, -0.1) is 11.3 Å². The fourth-order valence-electron chi connectivity index (χ4n) is 2.12. The summed E-state index contributed by atoms with van der Waals surface area (Å²) in [5.74, 6) is -0.948. The van der Waals surface area contributed by atoms with Gasteiger partial charge >= 0.3 is 5.97 Å². The Kier molecular flexibility index (Phi) is 3.43. The van der Waals surface area contributed by atoms with Crippen molar-refractivity contribution in [1.82, 2.24) is 4.98 Å². The second-order valence-corrected chi connectivity index (χ2v) is 4.98. The molecule has 1 saturated carbocycles. The zero-order valence-electron chi connectivity index (χ0n) is 9.27. The first kappa shape index (κ1) is 11.4. The summed E-state index contributed by atoms with van der Waals surface area (Å²) in [6.07, 6.45) is 3.61. The average Bonchev–Trinajstić information content (AvgIpc) is 2.87. The van der Waals surface area contributed by atoms with E-state index in [4.69, 9.17) is 5.11 Å². The molecule has 0 amide bonds. The number of carbonyl (C=O) groups is 1. The molecule has 0 bridgehead atoms. The van der Waals surface area contributed by atoms with Gasteiger partial charge in [-0.3, -0.25) is 4.79 Å². The fraction of sp³-hybridized carbons (Fsp3) is 0.636. The minimum Gasteiger partial charge on any atom is -0.481 e. The summed E-state index contributed by atoms with van der Waals surface area (Å²) in [6, 6.07) is 0.0494. The van der Waals surface area contributed by atoms with Crippen LogP contribution in [0.2, 0.25) is 0 Å². The van der Waals surface area contributed by atoms with Crippen molar-refractivity contribution in [3.05, 3.63) is 11.1 Å². The van der Waals surface area contributed by atoms with Gasteiger partial charge in [-0.05, 0) is 19.3 Å². The first-order chi connectivity index (χ1) is 7.70. The molecular formula is C11H16N2O2S. The van der Waals surface area contributed by atoms with Crippen LogP contribution in [0, 0.1) is 5.92 Å². The van der Waals surface area contributed by atoms with Crippen LogP contribution in [-0.2, 0) is 11.2 Å². The number of nitrogens with zero attached hydrogens (tertiary/aromatic N) is 1. The topological polar surface area (TPSA) is 62.2 Å². The van der Waals surface area contributed by atoms with Crippen molar-refractivity contribution in [2.45, 2.75) is 38.6 Å². The van der Waals surface area contributed by atoms with Gasteiger partial charge in [-0.1, -0.05) is 13.3 Å². The number of carboxylic acid groups (broad SMARTS) is 1. The number of hydrogen-bond donors (Lipinski definition) is 2. The van der Waals surface area contributed by atoms with Gasteiger partial charge < -0.3 is 10.4 Å². The largest absolute Gasteiger partial charge is 0.481 e. The lowest BCUT2D eigenvalue weighted by Crippen LogP contribution is -2.29. The Morgan fingerprint density at radius 1 is 1.69 bits per heavy atom. The molecule has 1 aliphatic rings. The average molecular weight is 240 g/mol. The monoisotopic (exact) mass is 240 g/mol. The van der Waals surface area contributed by atoms with E-state index in [2.05, 4.69) is 17.2 Å². The lowest BCUT2D eigenvalue weighted by atomic mass is 10.0. The molecule has 0 radical (unpaired) electrons. The molecule has 5 heteroatoms. The van der Waals surface area contributed by atoms with Crippen LogP contribution in [0.4, 0.5) is 5.13 Å². The highest BCUT2D eigenvalue weighted by molar-refractivity contribution is 7.13. The summed E-state index contributed by atoms with van der Waals surface area (Å²) in [5.41, 5.74) is 1.07. The van der Waals surface area contributed by atoms with Crippen molar-refractivity contribution in [1.29, 1.82) is 0 Å². The molecule has 1 aromatic rings. The highest BCUT2D eigenvalue weighted by Gasteiger charge is 2.33. The first-order valence-electron chi connectivity index (χ1n) is 5.64. The molecule has 2 unspecified atom stereocenters. The van der Waals surface area contributed by atoms with Gasteiger partial charge in [0.15, 0.2) is 5.13 Å². The second-order valence-electron chi connectivity index (χ2n) is 4.12. The van der Waals surface area contributed by atoms with E-state index in [-0.39, 0.29) is 12.0 Å². The van der Waals surface area contributed by atoms with Gasteiger partial charge in [0.1, 0.15) is 0 Å². The van der Waals surface area contributed by atoms with Crippen molar-refractivity contribution in [3.63, 3.8) is 0 Å². The van der Waals surface area contributed by atoms with E-state index in [0.717, 1.165) is 36.5 Å². The van der Waals surface area contributed by atoms with Crippen LogP contribution in [0.15, 0.2) is 5.38 Å². The van der Waals surface area contributed by atoms with Crippen LogP contribution < -0.4 is 5.32 Å². The quantitative estimate of drug-likeness (QED) is 0.848. The Morgan fingerprint density at radius 2 is 2.50 bits per heavy atom. The Morgan fingerprint density at radius 3 is 3.12 bits per heavy atom. The molecule has 4 nitrogen and oxygen atoms in total. The molecule has 1 heterocycles. The molecule has 0 saturated heterocycles. The van der Waals surface area contributed by atoms with Gasteiger partial charge in [0.25, 0.3) is 0 Å². The lowest BCUT2D eigenvalue weighted by Gasteiger charge is -2.16. The van der Waals surface area contributed by atoms with E-state index >= 15 is 0 Å². The van der Waals surface area contributed by atoms with E-state index < -0.39 is 5.97 Å². The zero-order chi connectivity index (χ0) is 11.5. The Labute approximate surface area is 98.7 Å². The third kappa shape index (κ3) is 2.35. The molecule has 1 aliphatic carbocycles. The van der Waals surface area contributed by atoms with Crippen LogP contribution in [0.25, 0.3) is 0 Å². The van der Waals surface area contributed by atoms with E-state index in [1.807, 2.05) is 5.38 Å². The molecule has 0 aromatic carbocycles. The highest BCUT2D eigenvalue weighted by Crippen LogP contribution is 2.29. The Balaban J connectivity index is 2.00. The molecule has 2 atom stereocenters. The number of aromatic nitrogens is 1. The number of carboxylic acids is 1. The van der Waals surface area contributed by atoms with Crippen LogP contribution in [-0.4, -0.2) is 22.1 Å². The molecule has 16 heavy (non-hydrogen) atoms. The highest BCUT2D eigenvalue weighted by atomic mass is 32.1. The maximum atomic E-state index is 11.0. The van der Waals surface area contributed by atoms with E-state index in [1.54, 1.807) is 11.3 Å². The molecule has 2 rings (SSSR count). The normalized spacial score (nSPS) is 24.6. The van der Waals surface area contributed by atoms with Crippen molar-refractivity contribution in [2.24, 2.45) is 5.92 Å². The SMILES string of the molecule is CCc1csc(NC2CCCC2C(=O)O)n1. The molecule has 1 fully saturated rings. The van der Waals surface area contributed by atoms with Crippen LogP contribution in [0.3, 0.4) is 0 Å². The molecule has 1 aromatic heterocycles. The minimum atomic E-state index is -0.692. The number of thiazole rings is 1. The van der Waals surface area contributed by atoms with Crippen LogP contribution >= 0.6 is 11.3 Å². The maximum Gasteiger partial charge on any atom is 0.308 e. The summed E-state index contributed by atoms with van der Waals surface area (Å²) in [6.45, 7) is 2.06. The van der Waals surface area contributed by atoms with Crippen molar-refractivity contribution in [2.75, 3.05) is 5.32 Å². The lowest BCUT2D eigenvalue weighted by molar-refractivity contribution is -0.141. The fourth-order valence-corrected chi connectivity index (χ4v) is 2.98. The molecule has 2 N–H and O–H groups in total. The molecular weight excluding hydrogens is 224 g/mol. The Hall–Kier alpha value is -1.10. The van der Waals surface area contributed by atoms with Crippen molar-refractivity contribution >= 4 is 22.4 Å². The molecule has 0 spiro atoms. The van der Waals surface area contributed by atoms with Gasteiger partial charge in [0.05, 0.1) is 11.6 Å². The first-order valence-corrected chi connectivity index (χ1v) is 6.52. The van der Waals surface area contributed by atoms with Crippen molar-refractivity contribution in [3.8, 4) is 0 Å². The number of nitrogens with one attached hydrogen (secondary N) is 1.